The predicted octanol–water partition coefficient (Wildman–Crippen LogP) is 4.36. The van der Waals surface area contributed by atoms with Gasteiger partial charge in [-0.1, -0.05) is 53.5 Å². The van der Waals surface area contributed by atoms with E-state index in [1.54, 1.807) is 66.7 Å². The number of hydrogen-bond acceptors (Lipinski definition) is 5. The Morgan fingerprint density at radius 2 is 1.77 bits per heavy atom. The summed E-state index contributed by atoms with van der Waals surface area (Å²) in [4.78, 5) is 44.2. The molecule has 0 bridgehead atoms. The largest absolute Gasteiger partial charge is 0.356 e. The molecule has 1 atom stereocenters. The van der Waals surface area contributed by atoms with Crippen LogP contribution in [0.25, 0.3) is 10.8 Å². The van der Waals surface area contributed by atoms with Crippen LogP contribution in [-0.4, -0.2) is 45.3 Å². The molecule has 4 aromatic rings. The zero-order valence-corrected chi connectivity index (χ0v) is 22.5. The molecule has 1 aliphatic rings. The summed E-state index contributed by atoms with van der Waals surface area (Å²) in [5.74, 6) is -1.28. The monoisotopic (exact) mass is 576 g/mol. The molecule has 1 aromatic heterocycles. The molecule has 0 saturated carbocycles. The first-order valence-corrected chi connectivity index (χ1v) is 13.0. The van der Waals surface area contributed by atoms with Gasteiger partial charge in [-0.3, -0.25) is 35.1 Å². The van der Waals surface area contributed by atoms with Gasteiger partial charge in [0.25, 0.3) is 17.7 Å². The smallest absolute Gasteiger partial charge is 0.288 e. The molecule has 0 aliphatic carbocycles. The van der Waals surface area contributed by atoms with Crippen molar-refractivity contribution in [3.05, 3.63) is 111 Å². The van der Waals surface area contributed by atoms with Gasteiger partial charge < -0.3 is 5.32 Å². The third kappa shape index (κ3) is 5.70. The number of nitrogens with one attached hydrogen (secondary N) is 3. The van der Waals surface area contributed by atoms with Gasteiger partial charge in [0, 0.05) is 28.2 Å². The number of imide groups is 1. The second kappa shape index (κ2) is 11.4. The average Bonchev–Trinajstić information content (AvgIpc) is 3.17. The van der Waals surface area contributed by atoms with Crippen molar-refractivity contribution in [2.75, 3.05) is 6.54 Å². The lowest BCUT2D eigenvalue weighted by atomic mass is 10.1. The highest BCUT2D eigenvalue weighted by Crippen LogP contribution is 2.25. The van der Waals surface area contributed by atoms with Crippen LogP contribution < -0.4 is 16.2 Å². The van der Waals surface area contributed by atoms with Crippen LogP contribution in [0.2, 0.25) is 10.0 Å². The van der Waals surface area contributed by atoms with Crippen LogP contribution in [-0.2, 0) is 6.42 Å². The van der Waals surface area contributed by atoms with E-state index in [1.807, 2.05) is 0 Å². The van der Waals surface area contributed by atoms with E-state index in [-0.39, 0.29) is 17.4 Å². The lowest BCUT2D eigenvalue weighted by Crippen LogP contribution is -2.53. The van der Waals surface area contributed by atoms with E-state index in [9.17, 15) is 14.4 Å². The molecule has 3 amide bonds. The molecule has 0 spiro atoms. The molecule has 2 heterocycles. The third-order valence-corrected chi connectivity index (χ3v) is 7.02. The summed E-state index contributed by atoms with van der Waals surface area (Å²) in [7, 11) is 0. The van der Waals surface area contributed by atoms with Gasteiger partial charge in [0.1, 0.15) is 5.69 Å². The number of benzene rings is 3. The quantitative estimate of drug-likeness (QED) is 0.178. The standard InChI is InChI=1S/C28H20Cl2N5O3S/c29-18-10-9-17(23(30)14-18)13-19(15-35-26(37)21-7-3-4-8-22(21)27(35)38)32-28(39)34-33-25(36)24-20-6-2-1-5-16(20)11-12-31-24/h2-12,14,19H,13,15H2,(H,33,36)(H2,32,34,39)/t19-/m0/s1. The molecule has 11 heteroatoms. The highest BCUT2D eigenvalue weighted by Gasteiger charge is 2.36. The number of aromatic nitrogens is 1. The van der Waals surface area contributed by atoms with E-state index in [2.05, 4.69) is 27.2 Å². The van der Waals surface area contributed by atoms with E-state index < -0.39 is 23.8 Å². The summed E-state index contributed by atoms with van der Waals surface area (Å²) in [5, 5.41) is 5.56. The zero-order valence-electron chi connectivity index (χ0n) is 20.2. The Labute approximate surface area is 239 Å². The molecule has 1 aliphatic heterocycles. The number of thiocarbonyl (C=S) groups is 1. The van der Waals surface area contributed by atoms with Crippen molar-refractivity contribution in [2.24, 2.45) is 0 Å². The first-order valence-electron chi connectivity index (χ1n) is 11.8. The molecule has 3 aromatic carbocycles. The second-order valence-electron chi connectivity index (χ2n) is 8.76. The van der Waals surface area contributed by atoms with E-state index >= 15 is 0 Å². The van der Waals surface area contributed by atoms with Gasteiger partial charge in [-0.2, -0.15) is 0 Å². The number of hydrazine groups is 1. The van der Waals surface area contributed by atoms with Crippen LogP contribution >= 0.6 is 35.4 Å². The van der Waals surface area contributed by atoms with Crippen LogP contribution in [0.5, 0.6) is 0 Å². The van der Waals surface area contributed by atoms with E-state index in [1.165, 1.54) is 11.1 Å². The SMILES string of the molecule is O=C(NNC(=S)N[C@@H](Cc1ccc(Cl)cc1Cl)CN1C(=O)c2ccccc2C1=O)c1nccc2c[c]ccc12. The number of fused-ring (bicyclic) bond motifs is 2. The van der Waals surface area contributed by atoms with Crippen molar-refractivity contribution in [3.63, 3.8) is 0 Å². The van der Waals surface area contributed by atoms with Gasteiger partial charge in [0.2, 0.25) is 0 Å². The van der Waals surface area contributed by atoms with Crippen molar-refractivity contribution < 1.29 is 14.4 Å². The van der Waals surface area contributed by atoms with Gasteiger partial charge in [0.05, 0.1) is 17.2 Å². The fraction of sp³-hybridized carbons (Fsp3) is 0.107. The Kier molecular flexibility index (Phi) is 7.74. The maximum absolute atomic E-state index is 13.0. The average molecular weight is 577 g/mol. The minimum Gasteiger partial charge on any atom is -0.356 e. The zero-order chi connectivity index (χ0) is 27.5. The van der Waals surface area contributed by atoms with Crippen molar-refractivity contribution in [1.29, 1.82) is 0 Å². The summed E-state index contributed by atoms with van der Waals surface area (Å²) < 4.78 is 0. The van der Waals surface area contributed by atoms with Crippen LogP contribution in [0.15, 0.2) is 72.9 Å². The minimum absolute atomic E-state index is 0.00243. The minimum atomic E-state index is -0.547. The van der Waals surface area contributed by atoms with Gasteiger partial charge in [-0.25, -0.2) is 0 Å². The summed E-state index contributed by atoms with van der Waals surface area (Å²) in [5.41, 5.74) is 6.87. The fourth-order valence-electron chi connectivity index (χ4n) is 4.37. The molecule has 195 valence electrons. The Hall–Kier alpha value is -4.05. The van der Waals surface area contributed by atoms with Gasteiger partial charge in [0.15, 0.2) is 5.11 Å². The van der Waals surface area contributed by atoms with Gasteiger partial charge in [-0.05, 0) is 72.1 Å². The Morgan fingerprint density at radius 3 is 2.49 bits per heavy atom. The normalized spacial score (nSPS) is 13.2. The number of rotatable bonds is 6. The first kappa shape index (κ1) is 26.6. The summed E-state index contributed by atoms with van der Waals surface area (Å²) in [6.45, 7) is 0.00243. The summed E-state index contributed by atoms with van der Waals surface area (Å²) in [6.07, 6.45) is 1.84. The maximum Gasteiger partial charge on any atom is 0.288 e. The predicted molar refractivity (Wildman–Crippen MR) is 153 cm³/mol. The highest BCUT2D eigenvalue weighted by molar-refractivity contribution is 7.80. The Bertz CT molecular complexity index is 1590. The summed E-state index contributed by atoms with van der Waals surface area (Å²) >= 11 is 17.9. The van der Waals surface area contributed by atoms with Crippen LogP contribution in [0.3, 0.4) is 0 Å². The number of carbonyl (C=O) groups excluding carboxylic acids is 3. The molecule has 0 saturated heterocycles. The van der Waals surface area contributed by atoms with Crippen molar-refractivity contribution in [2.45, 2.75) is 12.5 Å². The lowest BCUT2D eigenvalue weighted by Gasteiger charge is -2.25. The molecular weight excluding hydrogens is 557 g/mol. The third-order valence-electron chi connectivity index (χ3n) is 6.21. The molecule has 1 radical (unpaired) electrons. The number of amides is 3. The number of nitrogens with zero attached hydrogens (tertiary/aromatic N) is 2. The molecular formula is C28H20Cl2N5O3S. The number of halogens is 2. The van der Waals surface area contributed by atoms with Crippen LogP contribution in [0.1, 0.15) is 36.8 Å². The van der Waals surface area contributed by atoms with E-state index in [4.69, 9.17) is 35.4 Å². The van der Waals surface area contributed by atoms with Crippen molar-refractivity contribution >= 4 is 69.0 Å². The molecule has 5 rings (SSSR count). The fourth-order valence-corrected chi connectivity index (χ4v) is 5.08. The second-order valence-corrected chi connectivity index (χ2v) is 10.0. The number of pyridine rings is 1. The van der Waals surface area contributed by atoms with Gasteiger partial charge >= 0.3 is 0 Å². The Balaban J connectivity index is 1.31. The Morgan fingerprint density at radius 1 is 1.03 bits per heavy atom. The van der Waals surface area contributed by atoms with Crippen LogP contribution in [0, 0.1) is 6.07 Å². The molecule has 39 heavy (non-hydrogen) atoms. The topological polar surface area (TPSA) is 103 Å². The van der Waals surface area contributed by atoms with Gasteiger partial charge in [-0.15, -0.1) is 0 Å². The van der Waals surface area contributed by atoms with Crippen LogP contribution in [0.4, 0.5) is 0 Å². The van der Waals surface area contributed by atoms with Crippen molar-refractivity contribution in [3.8, 4) is 0 Å². The first-order chi connectivity index (χ1) is 18.8. The summed E-state index contributed by atoms with van der Waals surface area (Å²) in [6, 6.07) is 21.2. The van der Waals surface area contributed by atoms with E-state index in [0.717, 1.165) is 10.9 Å². The number of hydrogen-bond donors (Lipinski definition) is 3. The molecule has 3 N–H and O–H groups in total. The number of carbonyl (C=O) groups is 3. The molecule has 0 fully saturated rings. The highest BCUT2D eigenvalue weighted by atomic mass is 35.5. The lowest BCUT2D eigenvalue weighted by molar-refractivity contribution is 0.0641. The van der Waals surface area contributed by atoms with Crippen molar-refractivity contribution in [1.82, 2.24) is 26.1 Å². The molecule has 8 nitrogen and oxygen atoms in total. The van der Waals surface area contributed by atoms with E-state index in [0.29, 0.717) is 33.0 Å². The maximum atomic E-state index is 13.0. The molecule has 0 unspecified atom stereocenters.